The van der Waals surface area contributed by atoms with Gasteiger partial charge in [0.1, 0.15) is 0 Å². The van der Waals surface area contributed by atoms with Crippen molar-refractivity contribution in [3.8, 4) is 16.9 Å². The average Bonchev–Trinajstić information content (AvgIpc) is 3.59. The van der Waals surface area contributed by atoms with Crippen molar-refractivity contribution < 1.29 is 19.8 Å². The molecule has 0 aliphatic heterocycles. The van der Waals surface area contributed by atoms with Crippen LogP contribution in [0.1, 0.15) is 33.9 Å². The molecule has 0 bridgehead atoms. The molecule has 1 heterocycles. The van der Waals surface area contributed by atoms with Crippen LogP contribution in [0.3, 0.4) is 0 Å². The lowest BCUT2D eigenvalue weighted by molar-refractivity contribution is -0.0637. The normalized spacial score (nSPS) is 15.0. The Morgan fingerprint density at radius 2 is 1.77 bits per heavy atom. The molecule has 9 nitrogen and oxygen atoms in total. The van der Waals surface area contributed by atoms with Crippen molar-refractivity contribution in [3.63, 3.8) is 0 Å². The third-order valence-corrected chi connectivity index (χ3v) is 7.52. The van der Waals surface area contributed by atoms with Crippen LogP contribution in [0.4, 0.5) is 4.79 Å². The number of nitrogens with one attached hydrogen (secondary N) is 3. The molecule has 0 saturated heterocycles. The van der Waals surface area contributed by atoms with Gasteiger partial charge in [0.25, 0.3) is 5.91 Å². The van der Waals surface area contributed by atoms with Crippen LogP contribution in [-0.4, -0.2) is 50.6 Å². The number of aryl methyl sites for hydroxylation is 1. The molecule has 3 amide bonds. The SMILES string of the molecule is O=C(NCC(NC(=O)c1c(Cl)ccc(-n2cnc(-c3ccccc3)c2)c1Cl)C(O)O)NC1CCc2ccccc21. The Balaban J connectivity index is 1.26. The van der Waals surface area contributed by atoms with Crippen LogP contribution in [-0.2, 0) is 6.42 Å². The maximum atomic E-state index is 13.2. The van der Waals surface area contributed by atoms with E-state index in [1.165, 1.54) is 11.6 Å². The number of urea groups is 1. The number of imidazole rings is 1. The van der Waals surface area contributed by atoms with E-state index < -0.39 is 24.3 Å². The first-order valence-corrected chi connectivity index (χ1v) is 13.4. The fraction of sp³-hybridized carbons (Fsp3) is 0.207. The number of nitrogens with zero attached hydrogens (tertiary/aromatic N) is 2. The number of benzene rings is 3. The Morgan fingerprint density at radius 3 is 2.55 bits per heavy atom. The van der Waals surface area contributed by atoms with Gasteiger partial charge >= 0.3 is 6.03 Å². The van der Waals surface area contributed by atoms with E-state index in [4.69, 9.17) is 23.2 Å². The molecule has 0 saturated carbocycles. The Kier molecular flexibility index (Phi) is 8.37. The molecule has 4 aromatic rings. The molecule has 2 atom stereocenters. The van der Waals surface area contributed by atoms with E-state index in [9.17, 15) is 19.8 Å². The van der Waals surface area contributed by atoms with Gasteiger partial charge in [0.2, 0.25) is 0 Å². The minimum atomic E-state index is -1.96. The summed E-state index contributed by atoms with van der Waals surface area (Å²) in [6.07, 6.45) is 3.02. The molecule has 1 aliphatic carbocycles. The molecule has 5 rings (SSSR count). The fourth-order valence-electron chi connectivity index (χ4n) is 4.75. The molecule has 0 spiro atoms. The van der Waals surface area contributed by atoms with Gasteiger partial charge in [0.15, 0.2) is 6.29 Å². The van der Waals surface area contributed by atoms with Crippen molar-refractivity contribution in [2.75, 3.05) is 6.54 Å². The third kappa shape index (κ3) is 5.97. The van der Waals surface area contributed by atoms with Crippen LogP contribution in [0.15, 0.2) is 79.3 Å². The summed E-state index contributed by atoms with van der Waals surface area (Å²) in [7, 11) is 0. The zero-order valence-corrected chi connectivity index (χ0v) is 22.7. The molecule has 1 aromatic heterocycles. The van der Waals surface area contributed by atoms with Gasteiger partial charge in [0.05, 0.1) is 45.4 Å². The minimum absolute atomic E-state index is 0.0477. The molecule has 11 heteroatoms. The number of hydrogen-bond acceptors (Lipinski definition) is 5. The Bertz CT molecular complexity index is 1530. The number of aliphatic hydroxyl groups excluding tert-OH is 1. The van der Waals surface area contributed by atoms with Crippen LogP contribution < -0.4 is 16.0 Å². The Hall–Kier alpha value is -3.89. The Morgan fingerprint density at radius 1 is 1.02 bits per heavy atom. The van der Waals surface area contributed by atoms with Crippen LogP contribution >= 0.6 is 23.2 Å². The summed E-state index contributed by atoms with van der Waals surface area (Å²) in [5.74, 6) is -0.731. The van der Waals surface area contributed by atoms with Crippen LogP contribution in [0.2, 0.25) is 10.0 Å². The van der Waals surface area contributed by atoms with Crippen LogP contribution in [0.5, 0.6) is 0 Å². The highest BCUT2D eigenvalue weighted by molar-refractivity contribution is 6.40. The molecule has 3 aromatic carbocycles. The Labute approximate surface area is 240 Å². The molecule has 1 aliphatic rings. The van der Waals surface area contributed by atoms with E-state index in [-0.39, 0.29) is 28.2 Å². The second-order valence-corrected chi connectivity index (χ2v) is 10.2. The largest absolute Gasteiger partial charge is 0.366 e. The second-order valence-electron chi connectivity index (χ2n) is 9.43. The maximum absolute atomic E-state index is 13.2. The van der Waals surface area contributed by atoms with Gasteiger partial charge in [-0.15, -0.1) is 0 Å². The summed E-state index contributed by atoms with van der Waals surface area (Å²) in [6.45, 7) is -0.250. The highest BCUT2D eigenvalue weighted by Crippen LogP contribution is 2.32. The molecule has 0 radical (unpaired) electrons. The maximum Gasteiger partial charge on any atom is 0.315 e. The van der Waals surface area contributed by atoms with E-state index in [1.54, 1.807) is 23.2 Å². The van der Waals surface area contributed by atoms with Crippen LogP contribution in [0, 0.1) is 0 Å². The van der Waals surface area contributed by atoms with E-state index in [0.29, 0.717) is 11.4 Å². The monoisotopic (exact) mass is 579 g/mol. The van der Waals surface area contributed by atoms with Gasteiger partial charge in [-0.05, 0) is 36.1 Å². The third-order valence-electron chi connectivity index (χ3n) is 6.83. The van der Waals surface area contributed by atoms with Crippen molar-refractivity contribution in [2.45, 2.75) is 31.2 Å². The van der Waals surface area contributed by atoms with Gasteiger partial charge in [-0.1, -0.05) is 77.8 Å². The second kappa shape index (κ2) is 12.1. The first-order chi connectivity index (χ1) is 19.3. The van der Waals surface area contributed by atoms with Gasteiger partial charge in [-0.25, -0.2) is 9.78 Å². The van der Waals surface area contributed by atoms with Crippen molar-refractivity contribution in [2.24, 2.45) is 0 Å². The van der Waals surface area contributed by atoms with Gasteiger partial charge < -0.3 is 30.7 Å². The standard InChI is InChI=1S/C29H27Cl2N5O4/c30-20-11-13-24(36-15-23(33-16-36)18-7-2-1-3-8-18)26(31)25(20)27(37)34-22(28(38)39)14-32-29(40)35-21-12-10-17-6-4-5-9-19(17)21/h1-9,11,13,15-16,21-22,28,38-39H,10,12,14H2,(H,34,37)(H2,32,35,40). The number of aromatic nitrogens is 2. The molecular weight excluding hydrogens is 553 g/mol. The summed E-state index contributed by atoms with van der Waals surface area (Å²) in [5, 5.41) is 28.0. The van der Waals surface area contributed by atoms with Gasteiger partial charge in [-0.2, -0.15) is 0 Å². The van der Waals surface area contributed by atoms with E-state index >= 15 is 0 Å². The lowest BCUT2D eigenvalue weighted by Crippen LogP contribution is -2.52. The number of carbonyl (C=O) groups excluding carboxylic acids is 2. The molecule has 40 heavy (non-hydrogen) atoms. The smallest absolute Gasteiger partial charge is 0.315 e. The van der Waals surface area contributed by atoms with E-state index in [0.717, 1.165) is 24.0 Å². The van der Waals surface area contributed by atoms with E-state index in [1.807, 2.05) is 54.6 Å². The lowest BCUT2D eigenvalue weighted by atomic mass is 10.1. The summed E-state index contributed by atoms with van der Waals surface area (Å²) in [5.41, 5.74) is 4.29. The summed E-state index contributed by atoms with van der Waals surface area (Å²) in [4.78, 5) is 30.2. The predicted molar refractivity (Wildman–Crippen MR) is 153 cm³/mol. The first kappa shape index (κ1) is 27.7. The van der Waals surface area contributed by atoms with Crippen molar-refractivity contribution in [1.82, 2.24) is 25.5 Å². The van der Waals surface area contributed by atoms with E-state index in [2.05, 4.69) is 20.9 Å². The molecule has 2 unspecified atom stereocenters. The van der Waals surface area contributed by atoms with Crippen LogP contribution in [0.25, 0.3) is 16.9 Å². The summed E-state index contributed by atoms with van der Waals surface area (Å²) < 4.78 is 1.67. The van der Waals surface area contributed by atoms with Crippen molar-refractivity contribution >= 4 is 35.1 Å². The molecule has 206 valence electrons. The average molecular weight is 580 g/mol. The number of halogens is 2. The highest BCUT2D eigenvalue weighted by atomic mass is 35.5. The van der Waals surface area contributed by atoms with Gasteiger partial charge in [-0.3, -0.25) is 4.79 Å². The van der Waals surface area contributed by atoms with Crippen molar-refractivity contribution in [1.29, 1.82) is 0 Å². The summed E-state index contributed by atoms with van der Waals surface area (Å²) in [6, 6.07) is 18.8. The topological polar surface area (TPSA) is 129 Å². The zero-order valence-electron chi connectivity index (χ0n) is 21.2. The number of carbonyl (C=O) groups is 2. The zero-order chi connectivity index (χ0) is 28.2. The summed E-state index contributed by atoms with van der Waals surface area (Å²) >= 11 is 13.0. The number of amides is 3. The first-order valence-electron chi connectivity index (χ1n) is 12.7. The number of aliphatic hydroxyl groups is 2. The van der Waals surface area contributed by atoms with Gasteiger partial charge in [0, 0.05) is 18.3 Å². The highest BCUT2D eigenvalue weighted by Gasteiger charge is 2.27. The minimum Gasteiger partial charge on any atom is -0.366 e. The number of fused-ring (bicyclic) bond motifs is 1. The quantitative estimate of drug-likeness (QED) is 0.199. The molecule has 0 fully saturated rings. The number of rotatable bonds is 8. The predicted octanol–water partition coefficient (Wildman–Crippen LogP) is 4.24. The van der Waals surface area contributed by atoms with Crippen molar-refractivity contribution in [3.05, 3.63) is 106 Å². The number of hydrogen-bond donors (Lipinski definition) is 5. The molecular formula is C29H27Cl2N5O4. The lowest BCUT2D eigenvalue weighted by Gasteiger charge is -2.23. The molecule has 5 N–H and O–H groups in total. The fourth-order valence-corrected chi connectivity index (χ4v) is 5.39.